The summed E-state index contributed by atoms with van der Waals surface area (Å²) in [6.45, 7) is 3.46. The zero-order valence-electron chi connectivity index (χ0n) is 9.63. The third-order valence-electron chi connectivity index (χ3n) is 2.93. The molecule has 2 aromatic rings. The molecule has 1 unspecified atom stereocenters. The number of hydrogen-bond donors (Lipinski definition) is 1. The Balaban J connectivity index is 1.84. The number of benzene rings is 1. The van der Waals surface area contributed by atoms with E-state index in [1.54, 1.807) is 0 Å². The Hall–Kier alpha value is -1.88. The van der Waals surface area contributed by atoms with E-state index in [0.29, 0.717) is 11.9 Å². The molecule has 0 saturated carbocycles. The summed E-state index contributed by atoms with van der Waals surface area (Å²) in [6.07, 6.45) is 0. The lowest BCUT2D eigenvalue weighted by molar-refractivity contribution is 0.457. The number of hydrogen-bond acceptors (Lipinski definition) is 5. The van der Waals surface area contributed by atoms with Gasteiger partial charge in [-0.1, -0.05) is 29.4 Å². The van der Waals surface area contributed by atoms with Crippen LogP contribution in [0, 0.1) is 0 Å². The van der Waals surface area contributed by atoms with Crippen molar-refractivity contribution in [2.24, 2.45) is 5.73 Å². The first-order chi connectivity index (χ1) is 8.24. The van der Waals surface area contributed by atoms with E-state index in [1.165, 1.54) is 11.1 Å². The molecule has 88 valence electrons. The molecule has 0 bridgehead atoms. The van der Waals surface area contributed by atoms with E-state index in [2.05, 4.69) is 27.2 Å². The molecule has 1 aromatic heterocycles. The van der Waals surface area contributed by atoms with Crippen molar-refractivity contribution in [1.82, 2.24) is 10.2 Å². The Kier molecular flexibility index (Phi) is 2.33. The average Bonchev–Trinajstić information content (AvgIpc) is 2.95. The first-order valence-corrected chi connectivity index (χ1v) is 5.65. The maximum atomic E-state index is 5.70. The van der Waals surface area contributed by atoms with Crippen LogP contribution in [0.4, 0.5) is 6.01 Å². The molecule has 0 fully saturated rings. The Morgan fingerprint density at radius 1 is 1.24 bits per heavy atom. The number of aromatic nitrogens is 2. The van der Waals surface area contributed by atoms with E-state index in [9.17, 15) is 0 Å². The average molecular weight is 230 g/mol. The Bertz CT molecular complexity index is 510. The van der Waals surface area contributed by atoms with Crippen LogP contribution in [-0.4, -0.2) is 10.2 Å². The largest absolute Gasteiger partial charge is 0.406 e. The van der Waals surface area contributed by atoms with E-state index >= 15 is 0 Å². The maximum absolute atomic E-state index is 5.70. The minimum absolute atomic E-state index is 0.221. The molecule has 2 heterocycles. The minimum atomic E-state index is -0.221. The molecule has 17 heavy (non-hydrogen) atoms. The van der Waals surface area contributed by atoms with Gasteiger partial charge in [0, 0.05) is 13.1 Å². The highest BCUT2D eigenvalue weighted by molar-refractivity contribution is 5.41. The predicted octanol–water partition coefficient (Wildman–Crippen LogP) is 1.61. The topological polar surface area (TPSA) is 68.2 Å². The van der Waals surface area contributed by atoms with Crippen molar-refractivity contribution >= 4 is 6.01 Å². The van der Waals surface area contributed by atoms with Gasteiger partial charge in [0.15, 0.2) is 0 Å². The van der Waals surface area contributed by atoms with E-state index in [0.717, 1.165) is 13.1 Å². The predicted molar refractivity (Wildman–Crippen MR) is 63.2 cm³/mol. The van der Waals surface area contributed by atoms with Crippen LogP contribution < -0.4 is 10.6 Å². The van der Waals surface area contributed by atoms with E-state index < -0.39 is 0 Å². The molecule has 0 radical (unpaired) electrons. The van der Waals surface area contributed by atoms with Crippen molar-refractivity contribution in [2.45, 2.75) is 26.1 Å². The highest BCUT2D eigenvalue weighted by atomic mass is 16.4. The Morgan fingerprint density at radius 2 is 1.88 bits per heavy atom. The molecule has 3 rings (SSSR count). The summed E-state index contributed by atoms with van der Waals surface area (Å²) in [5.74, 6) is 0.482. The number of nitrogens with zero attached hydrogens (tertiary/aromatic N) is 3. The second kappa shape index (κ2) is 3.85. The SMILES string of the molecule is CC(N)c1nnc(N2Cc3ccccc3C2)o1. The number of nitrogens with two attached hydrogens (primary N) is 1. The van der Waals surface area contributed by atoms with Crippen LogP contribution >= 0.6 is 0 Å². The summed E-state index contributed by atoms with van der Waals surface area (Å²) in [7, 11) is 0. The summed E-state index contributed by atoms with van der Waals surface area (Å²) >= 11 is 0. The second-order valence-electron chi connectivity index (χ2n) is 4.34. The molecule has 1 aliphatic rings. The molecule has 0 aliphatic carbocycles. The molecule has 5 nitrogen and oxygen atoms in total. The van der Waals surface area contributed by atoms with Gasteiger partial charge in [0.2, 0.25) is 5.89 Å². The highest BCUT2D eigenvalue weighted by Gasteiger charge is 2.23. The Morgan fingerprint density at radius 3 is 2.41 bits per heavy atom. The van der Waals surface area contributed by atoms with Gasteiger partial charge in [-0.2, -0.15) is 0 Å². The maximum Gasteiger partial charge on any atom is 0.318 e. The monoisotopic (exact) mass is 230 g/mol. The lowest BCUT2D eigenvalue weighted by Crippen LogP contribution is -2.14. The molecule has 5 heteroatoms. The van der Waals surface area contributed by atoms with Crippen molar-refractivity contribution in [1.29, 1.82) is 0 Å². The Labute approximate surface area is 99.2 Å². The number of anilines is 1. The van der Waals surface area contributed by atoms with Crippen molar-refractivity contribution in [3.8, 4) is 0 Å². The number of rotatable bonds is 2. The minimum Gasteiger partial charge on any atom is -0.406 e. The summed E-state index contributed by atoms with van der Waals surface area (Å²) < 4.78 is 5.54. The first-order valence-electron chi connectivity index (χ1n) is 5.65. The van der Waals surface area contributed by atoms with Crippen LogP contribution in [0.15, 0.2) is 28.7 Å². The molecule has 1 atom stereocenters. The van der Waals surface area contributed by atoms with Gasteiger partial charge in [-0.3, -0.25) is 0 Å². The summed E-state index contributed by atoms with van der Waals surface area (Å²) in [4.78, 5) is 2.06. The van der Waals surface area contributed by atoms with Crippen LogP contribution in [0.2, 0.25) is 0 Å². The van der Waals surface area contributed by atoms with E-state index in [4.69, 9.17) is 10.2 Å². The van der Waals surface area contributed by atoms with Crippen molar-refractivity contribution in [3.63, 3.8) is 0 Å². The lowest BCUT2D eigenvalue weighted by Gasteiger charge is -2.10. The van der Waals surface area contributed by atoms with Crippen molar-refractivity contribution in [2.75, 3.05) is 4.90 Å². The molecule has 0 amide bonds. The van der Waals surface area contributed by atoms with Crippen LogP contribution in [0.25, 0.3) is 0 Å². The van der Waals surface area contributed by atoms with Crippen LogP contribution in [0.5, 0.6) is 0 Å². The van der Waals surface area contributed by atoms with Gasteiger partial charge in [-0.05, 0) is 18.1 Å². The molecule has 0 spiro atoms. The fourth-order valence-electron chi connectivity index (χ4n) is 2.01. The van der Waals surface area contributed by atoms with Crippen LogP contribution in [-0.2, 0) is 13.1 Å². The quantitative estimate of drug-likeness (QED) is 0.848. The third-order valence-corrected chi connectivity index (χ3v) is 2.93. The van der Waals surface area contributed by atoms with Crippen LogP contribution in [0.3, 0.4) is 0 Å². The van der Waals surface area contributed by atoms with E-state index in [1.807, 2.05) is 19.1 Å². The summed E-state index contributed by atoms with van der Waals surface area (Å²) in [5.41, 5.74) is 8.32. The standard InChI is InChI=1S/C12H14N4O/c1-8(13)11-14-15-12(17-11)16-6-9-4-2-3-5-10(9)7-16/h2-5,8H,6-7,13H2,1H3. The molecule has 2 N–H and O–H groups in total. The van der Waals surface area contributed by atoms with Gasteiger partial charge >= 0.3 is 6.01 Å². The number of fused-ring (bicyclic) bond motifs is 1. The van der Waals surface area contributed by atoms with Gasteiger partial charge in [0.25, 0.3) is 0 Å². The van der Waals surface area contributed by atoms with Crippen molar-refractivity contribution in [3.05, 3.63) is 41.3 Å². The van der Waals surface area contributed by atoms with Gasteiger partial charge in [-0.25, -0.2) is 0 Å². The normalized spacial score (nSPS) is 16.0. The zero-order valence-corrected chi connectivity index (χ0v) is 9.63. The molecule has 0 saturated heterocycles. The van der Waals surface area contributed by atoms with E-state index in [-0.39, 0.29) is 6.04 Å². The second-order valence-corrected chi connectivity index (χ2v) is 4.34. The third kappa shape index (κ3) is 1.78. The van der Waals surface area contributed by atoms with Gasteiger partial charge < -0.3 is 15.1 Å². The zero-order chi connectivity index (χ0) is 11.8. The lowest BCUT2D eigenvalue weighted by atomic mass is 10.1. The van der Waals surface area contributed by atoms with Crippen LogP contribution in [0.1, 0.15) is 30.0 Å². The summed E-state index contributed by atoms with van der Waals surface area (Å²) in [6, 6.07) is 8.67. The summed E-state index contributed by atoms with van der Waals surface area (Å²) in [5, 5.41) is 7.97. The highest BCUT2D eigenvalue weighted by Crippen LogP contribution is 2.27. The molecule has 1 aliphatic heterocycles. The smallest absolute Gasteiger partial charge is 0.318 e. The molecular formula is C12H14N4O. The van der Waals surface area contributed by atoms with Crippen molar-refractivity contribution < 1.29 is 4.42 Å². The first kappa shape index (κ1) is 10.3. The van der Waals surface area contributed by atoms with Gasteiger partial charge in [-0.15, -0.1) is 5.10 Å². The van der Waals surface area contributed by atoms with Gasteiger partial charge in [0.1, 0.15) is 0 Å². The molecular weight excluding hydrogens is 216 g/mol. The fourth-order valence-corrected chi connectivity index (χ4v) is 2.01. The van der Waals surface area contributed by atoms with Gasteiger partial charge in [0.05, 0.1) is 6.04 Å². The molecule has 1 aromatic carbocycles. The fraction of sp³-hybridized carbons (Fsp3) is 0.333.